The molecule has 0 saturated heterocycles. The van der Waals surface area contributed by atoms with Crippen LogP contribution in [0, 0.1) is 0 Å². The van der Waals surface area contributed by atoms with Crippen molar-refractivity contribution in [1.82, 2.24) is 10.6 Å². The monoisotopic (exact) mass is 268 g/mol. The smallest absolute Gasteiger partial charge is 0.315 e. The second-order valence-electron chi connectivity index (χ2n) is 4.28. The van der Waals surface area contributed by atoms with Crippen LogP contribution in [-0.2, 0) is 17.3 Å². The van der Waals surface area contributed by atoms with E-state index in [9.17, 15) is 9.00 Å². The van der Waals surface area contributed by atoms with Gasteiger partial charge in [-0.3, -0.25) is 4.21 Å². The van der Waals surface area contributed by atoms with Gasteiger partial charge in [0.1, 0.15) is 0 Å². The molecule has 0 radical (unpaired) electrons. The van der Waals surface area contributed by atoms with Crippen LogP contribution in [0.3, 0.4) is 0 Å². The lowest BCUT2D eigenvalue weighted by atomic mass is 10.2. The Kier molecular flexibility index (Phi) is 6.43. The zero-order chi connectivity index (χ0) is 13.4. The minimum atomic E-state index is -0.806. The first-order chi connectivity index (χ1) is 8.58. The molecule has 2 atom stereocenters. The molecule has 0 aliphatic carbocycles. The third-order valence-corrected chi connectivity index (χ3v) is 3.32. The molecule has 0 aliphatic rings. The molecule has 2 amide bonds. The Hall–Kier alpha value is -1.36. The number of carbonyl (C=O) groups excluding carboxylic acids is 1. The number of rotatable bonds is 6. The third kappa shape index (κ3) is 6.39. The van der Waals surface area contributed by atoms with E-state index < -0.39 is 10.8 Å². The summed E-state index contributed by atoms with van der Waals surface area (Å²) in [6.07, 6.45) is 2.39. The van der Waals surface area contributed by atoms with Gasteiger partial charge in [-0.05, 0) is 18.9 Å². The highest BCUT2D eigenvalue weighted by atomic mass is 32.2. The van der Waals surface area contributed by atoms with Crippen LogP contribution in [0.5, 0.6) is 0 Å². The summed E-state index contributed by atoms with van der Waals surface area (Å²) in [5, 5.41) is 5.61. The topological polar surface area (TPSA) is 58.2 Å². The lowest BCUT2D eigenvalue weighted by molar-refractivity contribution is 0.237. The van der Waals surface area contributed by atoms with E-state index in [1.165, 1.54) is 0 Å². The summed E-state index contributed by atoms with van der Waals surface area (Å²) in [6, 6.07) is 9.59. The summed E-state index contributed by atoms with van der Waals surface area (Å²) in [7, 11) is -0.806. The molecule has 4 nitrogen and oxygen atoms in total. The van der Waals surface area contributed by atoms with Crippen LogP contribution >= 0.6 is 0 Å². The first kappa shape index (κ1) is 14.7. The molecule has 18 heavy (non-hydrogen) atoms. The van der Waals surface area contributed by atoms with Crippen LogP contribution in [0.2, 0.25) is 0 Å². The molecule has 0 heterocycles. The minimum Gasteiger partial charge on any atom is -0.336 e. The Labute approximate surface area is 111 Å². The molecule has 0 saturated carbocycles. The molecule has 1 rings (SSSR count). The minimum absolute atomic E-state index is 0.0321. The number of carbonyl (C=O) groups is 1. The van der Waals surface area contributed by atoms with Gasteiger partial charge in [0.25, 0.3) is 0 Å². The fourth-order valence-corrected chi connectivity index (χ4v) is 2.15. The zero-order valence-corrected chi connectivity index (χ0v) is 11.6. The SMILES string of the molecule is CC(CCS(C)=O)NC(=O)NCc1ccccc1. The highest BCUT2D eigenvalue weighted by Gasteiger charge is 2.07. The van der Waals surface area contributed by atoms with E-state index in [1.807, 2.05) is 37.3 Å². The van der Waals surface area contributed by atoms with Crippen molar-refractivity contribution in [2.45, 2.75) is 25.9 Å². The van der Waals surface area contributed by atoms with Crippen molar-refractivity contribution < 1.29 is 9.00 Å². The molecule has 0 aliphatic heterocycles. The van der Waals surface area contributed by atoms with Crippen LogP contribution in [0.1, 0.15) is 18.9 Å². The van der Waals surface area contributed by atoms with Crippen molar-refractivity contribution in [1.29, 1.82) is 0 Å². The van der Waals surface area contributed by atoms with Gasteiger partial charge in [0.05, 0.1) is 0 Å². The molecule has 5 heteroatoms. The van der Waals surface area contributed by atoms with Gasteiger partial charge in [0.15, 0.2) is 0 Å². The largest absolute Gasteiger partial charge is 0.336 e. The van der Waals surface area contributed by atoms with Gasteiger partial charge < -0.3 is 10.6 Å². The summed E-state index contributed by atoms with van der Waals surface area (Å²) < 4.78 is 10.9. The molecule has 0 aromatic heterocycles. The van der Waals surface area contributed by atoms with Crippen molar-refractivity contribution in [2.75, 3.05) is 12.0 Å². The van der Waals surface area contributed by atoms with Gasteiger partial charge in [-0.2, -0.15) is 0 Å². The standard InChI is InChI=1S/C13H20N2O2S/c1-11(8-9-18(2)17)15-13(16)14-10-12-6-4-3-5-7-12/h3-7,11H,8-10H2,1-2H3,(H2,14,15,16). The molecule has 0 fully saturated rings. The molecule has 0 bridgehead atoms. The van der Waals surface area contributed by atoms with Crippen LogP contribution in [0.25, 0.3) is 0 Å². The fraction of sp³-hybridized carbons (Fsp3) is 0.462. The normalized spacial score (nSPS) is 13.7. The van der Waals surface area contributed by atoms with E-state index in [4.69, 9.17) is 0 Å². The molecule has 2 unspecified atom stereocenters. The number of hydrogen-bond acceptors (Lipinski definition) is 2. The highest BCUT2D eigenvalue weighted by Crippen LogP contribution is 1.97. The first-order valence-corrected chi connectivity index (χ1v) is 7.69. The molecular weight excluding hydrogens is 248 g/mol. The van der Waals surface area contributed by atoms with Crippen LogP contribution in [0.15, 0.2) is 30.3 Å². The van der Waals surface area contributed by atoms with E-state index in [0.717, 1.165) is 12.0 Å². The maximum atomic E-state index is 11.6. The number of nitrogens with one attached hydrogen (secondary N) is 2. The van der Waals surface area contributed by atoms with Crippen molar-refractivity contribution in [3.8, 4) is 0 Å². The van der Waals surface area contributed by atoms with Gasteiger partial charge in [0, 0.05) is 35.4 Å². The Balaban J connectivity index is 2.23. The van der Waals surface area contributed by atoms with Crippen LogP contribution in [-0.4, -0.2) is 28.3 Å². The number of benzene rings is 1. The Morgan fingerprint density at radius 1 is 1.33 bits per heavy atom. The molecule has 2 N–H and O–H groups in total. The number of hydrogen-bond donors (Lipinski definition) is 2. The van der Waals surface area contributed by atoms with Gasteiger partial charge in [-0.1, -0.05) is 30.3 Å². The summed E-state index contributed by atoms with van der Waals surface area (Å²) in [4.78, 5) is 11.6. The molecule has 1 aromatic carbocycles. The summed E-state index contributed by atoms with van der Waals surface area (Å²) >= 11 is 0. The average molecular weight is 268 g/mol. The Morgan fingerprint density at radius 2 is 2.00 bits per heavy atom. The summed E-state index contributed by atoms with van der Waals surface area (Å²) in [6.45, 7) is 2.42. The number of urea groups is 1. The Morgan fingerprint density at radius 3 is 2.61 bits per heavy atom. The molecule has 1 aromatic rings. The van der Waals surface area contributed by atoms with Crippen LogP contribution in [0.4, 0.5) is 4.79 Å². The lowest BCUT2D eigenvalue weighted by Crippen LogP contribution is -2.40. The predicted octanol–water partition coefficient (Wildman–Crippen LogP) is 1.64. The molecule has 100 valence electrons. The van der Waals surface area contributed by atoms with Crippen LogP contribution < -0.4 is 10.6 Å². The van der Waals surface area contributed by atoms with E-state index in [0.29, 0.717) is 12.3 Å². The molecular formula is C13H20N2O2S. The maximum Gasteiger partial charge on any atom is 0.315 e. The fourth-order valence-electron chi connectivity index (χ4n) is 1.47. The maximum absolute atomic E-state index is 11.6. The first-order valence-electron chi connectivity index (χ1n) is 5.96. The number of amides is 2. The van der Waals surface area contributed by atoms with E-state index >= 15 is 0 Å². The van der Waals surface area contributed by atoms with Crippen molar-refractivity contribution in [3.63, 3.8) is 0 Å². The second kappa shape index (κ2) is 7.87. The van der Waals surface area contributed by atoms with E-state index in [-0.39, 0.29) is 12.1 Å². The average Bonchev–Trinajstić information content (AvgIpc) is 2.35. The Bertz CT molecular complexity index is 395. The van der Waals surface area contributed by atoms with Gasteiger partial charge >= 0.3 is 6.03 Å². The third-order valence-electron chi connectivity index (χ3n) is 2.51. The molecule has 0 spiro atoms. The second-order valence-corrected chi connectivity index (χ2v) is 5.83. The van der Waals surface area contributed by atoms with Gasteiger partial charge in [-0.25, -0.2) is 4.79 Å². The van der Waals surface area contributed by atoms with E-state index in [2.05, 4.69) is 10.6 Å². The zero-order valence-electron chi connectivity index (χ0n) is 10.8. The highest BCUT2D eigenvalue weighted by molar-refractivity contribution is 7.84. The van der Waals surface area contributed by atoms with Gasteiger partial charge in [0.2, 0.25) is 0 Å². The predicted molar refractivity (Wildman–Crippen MR) is 74.8 cm³/mol. The van der Waals surface area contributed by atoms with Crippen molar-refractivity contribution in [2.24, 2.45) is 0 Å². The van der Waals surface area contributed by atoms with Gasteiger partial charge in [-0.15, -0.1) is 0 Å². The van der Waals surface area contributed by atoms with Crippen molar-refractivity contribution >= 4 is 16.8 Å². The quantitative estimate of drug-likeness (QED) is 0.824. The summed E-state index contributed by atoms with van der Waals surface area (Å²) in [5.74, 6) is 0.611. The van der Waals surface area contributed by atoms with Crippen molar-refractivity contribution in [3.05, 3.63) is 35.9 Å². The van der Waals surface area contributed by atoms with E-state index in [1.54, 1.807) is 6.26 Å². The lowest BCUT2D eigenvalue weighted by Gasteiger charge is -2.14. The summed E-state index contributed by atoms with van der Waals surface area (Å²) in [5.41, 5.74) is 1.06.